The lowest BCUT2D eigenvalue weighted by atomic mass is 9.87. The van der Waals surface area contributed by atoms with Gasteiger partial charge in [-0.1, -0.05) is 108 Å². The molecule has 0 aliphatic carbocycles. The molecule has 0 amide bonds. The maximum Gasteiger partial charge on any atom is 0.117 e. The van der Waals surface area contributed by atoms with Crippen LogP contribution in [0.2, 0.25) is 5.02 Å². The SMILES string of the molecule is C=CCOCc1cc(Cl)c(Cc2ccc(CC)cc2)cc1[C@@H]1O[C@H](COCCCC)[C@@H](OCCCC)[C@H](OCCCC)[C@H]1OCCCC. The molecule has 1 saturated heterocycles. The quantitative estimate of drug-likeness (QED) is 0.0766. The Morgan fingerprint density at radius 1 is 0.708 bits per heavy atom. The first-order valence-corrected chi connectivity index (χ1v) is 19.0. The first-order valence-electron chi connectivity index (χ1n) is 18.7. The molecule has 3 rings (SSSR count). The van der Waals surface area contributed by atoms with E-state index in [1.807, 2.05) is 6.07 Å². The molecule has 1 aliphatic rings. The van der Waals surface area contributed by atoms with Gasteiger partial charge < -0.3 is 28.4 Å². The minimum absolute atomic E-state index is 0.317. The summed E-state index contributed by atoms with van der Waals surface area (Å²) >= 11 is 7.02. The van der Waals surface area contributed by atoms with Crippen LogP contribution in [0.1, 0.15) is 120 Å². The van der Waals surface area contributed by atoms with Crippen LogP contribution in [0.25, 0.3) is 0 Å². The molecular weight excluding hydrogens is 624 g/mol. The van der Waals surface area contributed by atoms with Gasteiger partial charge in [0.05, 0.1) is 19.8 Å². The fourth-order valence-electron chi connectivity index (χ4n) is 5.98. The van der Waals surface area contributed by atoms with Gasteiger partial charge >= 0.3 is 0 Å². The monoisotopic (exact) mass is 686 g/mol. The standard InChI is InChI=1S/C41H63ClO6/c1-7-13-22-44-30-37-39(45-23-14-8-2)41(47-25-16-10-4)40(46-24-15-9-3)38(48-37)35-27-33(26-32-19-17-31(12-6)18-20-32)36(42)28-34(35)29-43-21-11-5/h11,17-20,27-28,37-41H,5,7-10,12-16,21-26,29-30H2,1-4,6H3/t37-,38+,39-,40+,41+/m1/s1. The molecule has 48 heavy (non-hydrogen) atoms. The first kappa shape index (κ1) is 40.7. The summed E-state index contributed by atoms with van der Waals surface area (Å²) < 4.78 is 39.6. The minimum atomic E-state index is -0.430. The Bertz CT molecular complexity index is 1150. The third-order valence-electron chi connectivity index (χ3n) is 8.92. The van der Waals surface area contributed by atoms with Crippen molar-refractivity contribution in [3.8, 4) is 0 Å². The third-order valence-corrected chi connectivity index (χ3v) is 9.27. The van der Waals surface area contributed by atoms with E-state index in [1.165, 1.54) is 11.1 Å². The molecule has 5 atom stereocenters. The molecule has 0 bridgehead atoms. The van der Waals surface area contributed by atoms with Gasteiger partial charge in [-0.15, -0.1) is 6.58 Å². The highest BCUT2D eigenvalue weighted by Gasteiger charge is 2.49. The van der Waals surface area contributed by atoms with Crippen molar-refractivity contribution >= 4 is 11.6 Å². The van der Waals surface area contributed by atoms with E-state index in [0.29, 0.717) is 57.7 Å². The van der Waals surface area contributed by atoms with Crippen molar-refractivity contribution in [1.82, 2.24) is 0 Å². The lowest BCUT2D eigenvalue weighted by Gasteiger charge is -2.47. The Hall–Kier alpha value is -1.77. The van der Waals surface area contributed by atoms with E-state index in [2.05, 4.69) is 71.5 Å². The van der Waals surface area contributed by atoms with Gasteiger partial charge in [-0.3, -0.25) is 0 Å². The Kier molecular flexibility index (Phi) is 20.0. The number of halogens is 1. The lowest BCUT2D eigenvalue weighted by Crippen LogP contribution is -2.58. The molecule has 2 aromatic rings. The summed E-state index contributed by atoms with van der Waals surface area (Å²) in [5.74, 6) is 0. The minimum Gasteiger partial charge on any atom is -0.379 e. The fourth-order valence-corrected chi connectivity index (χ4v) is 6.23. The van der Waals surface area contributed by atoms with E-state index in [4.69, 9.17) is 40.0 Å². The maximum atomic E-state index is 7.12. The second-order valence-electron chi connectivity index (χ2n) is 12.9. The van der Waals surface area contributed by atoms with Gasteiger partial charge in [0.15, 0.2) is 0 Å². The lowest BCUT2D eigenvalue weighted by molar-refractivity contribution is -0.268. The van der Waals surface area contributed by atoms with E-state index in [9.17, 15) is 0 Å². The normalized spacial score (nSPS) is 21.1. The van der Waals surface area contributed by atoms with Crippen LogP contribution in [-0.2, 0) is 47.9 Å². The highest BCUT2D eigenvalue weighted by molar-refractivity contribution is 6.31. The largest absolute Gasteiger partial charge is 0.379 e. The summed E-state index contributed by atoms with van der Waals surface area (Å²) in [6.07, 6.45) is 9.78. The van der Waals surface area contributed by atoms with Gasteiger partial charge in [0.1, 0.15) is 30.5 Å². The number of aryl methyl sites for hydroxylation is 1. The van der Waals surface area contributed by atoms with Gasteiger partial charge in [0.2, 0.25) is 0 Å². The van der Waals surface area contributed by atoms with Crippen LogP contribution in [0.3, 0.4) is 0 Å². The van der Waals surface area contributed by atoms with Gasteiger partial charge in [0.25, 0.3) is 0 Å². The topological polar surface area (TPSA) is 55.4 Å². The summed E-state index contributed by atoms with van der Waals surface area (Å²) in [5.41, 5.74) is 5.56. The number of hydrogen-bond donors (Lipinski definition) is 0. The third kappa shape index (κ3) is 12.8. The molecule has 270 valence electrons. The zero-order chi connectivity index (χ0) is 34.6. The molecule has 1 heterocycles. The van der Waals surface area contributed by atoms with Crippen molar-refractivity contribution in [1.29, 1.82) is 0 Å². The number of ether oxygens (including phenoxy) is 6. The summed E-state index contributed by atoms with van der Waals surface area (Å²) in [4.78, 5) is 0. The molecule has 0 unspecified atom stereocenters. The smallest absolute Gasteiger partial charge is 0.117 e. The van der Waals surface area contributed by atoms with Gasteiger partial charge in [0, 0.05) is 31.5 Å². The molecule has 6 nitrogen and oxygen atoms in total. The molecule has 0 N–H and O–H groups in total. The molecule has 0 aromatic heterocycles. The van der Waals surface area contributed by atoms with Crippen LogP contribution in [0.4, 0.5) is 0 Å². The molecular formula is C41H63ClO6. The van der Waals surface area contributed by atoms with Crippen LogP contribution in [0, 0.1) is 0 Å². The predicted molar refractivity (Wildman–Crippen MR) is 197 cm³/mol. The molecule has 1 fully saturated rings. The number of unbranched alkanes of at least 4 members (excludes halogenated alkanes) is 4. The first-order chi connectivity index (χ1) is 23.5. The molecule has 1 aliphatic heterocycles. The van der Waals surface area contributed by atoms with Crippen LogP contribution < -0.4 is 0 Å². The van der Waals surface area contributed by atoms with Crippen LogP contribution in [-0.4, -0.2) is 64.1 Å². The van der Waals surface area contributed by atoms with Crippen molar-refractivity contribution in [2.24, 2.45) is 0 Å². The Balaban J connectivity index is 2.12. The maximum absolute atomic E-state index is 7.12. The average molecular weight is 687 g/mol. The zero-order valence-electron chi connectivity index (χ0n) is 30.5. The second kappa shape index (κ2) is 23.6. The number of rotatable bonds is 25. The average Bonchev–Trinajstić information content (AvgIpc) is 3.09. The van der Waals surface area contributed by atoms with Crippen LogP contribution in [0.5, 0.6) is 0 Å². The summed E-state index contributed by atoms with van der Waals surface area (Å²) in [5, 5.41) is 0.714. The second-order valence-corrected chi connectivity index (χ2v) is 13.3. The van der Waals surface area contributed by atoms with Crippen molar-refractivity contribution in [2.75, 3.05) is 39.6 Å². The molecule has 0 radical (unpaired) electrons. The summed E-state index contributed by atoms with van der Waals surface area (Å²) in [6.45, 7) is 18.6. The van der Waals surface area contributed by atoms with Crippen molar-refractivity contribution < 1.29 is 28.4 Å². The highest BCUT2D eigenvalue weighted by Crippen LogP contribution is 2.41. The molecule has 0 spiro atoms. The van der Waals surface area contributed by atoms with Crippen LogP contribution >= 0.6 is 11.6 Å². The molecule has 0 saturated carbocycles. The highest BCUT2D eigenvalue weighted by atomic mass is 35.5. The molecule has 7 heteroatoms. The van der Waals surface area contributed by atoms with E-state index < -0.39 is 6.10 Å². The van der Waals surface area contributed by atoms with Gasteiger partial charge in [-0.05, 0) is 72.4 Å². The molecule has 2 aromatic carbocycles. The van der Waals surface area contributed by atoms with E-state index in [1.54, 1.807) is 6.08 Å². The van der Waals surface area contributed by atoms with Crippen molar-refractivity contribution in [3.05, 3.63) is 81.9 Å². The van der Waals surface area contributed by atoms with E-state index in [-0.39, 0.29) is 24.4 Å². The Morgan fingerprint density at radius 3 is 1.90 bits per heavy atom. The van der Waals surface area contributed by atoms with Gasteiger partial charge in [-0.25, -0.2) is 0 Å². The van der Waals surface area contributed by atoms with Crippen LogP contribution in [0.15, 0.2) is 49.1 Å². The Labute approximate surface area is 296 Å². The van der Waals surface area contributed by atoms with E-state index >= 15 is 0 Å². The predicted octanol–water partition coefficient (Wildman–Crippen LogP) is 10.0. The van der Waals surface area contributed by atoms with E-state index in [0.717, 1.165) is 74.5 Å². The number of benzene rings is 2. The zero-order valence-corrected chi connectivity index (χ0v) is 31.2. The number of hydrogen-bond acceptors (Lipinski definition) is 6. The van der Waals surface area contributed by atoms with Crippen molar-refractivity contribution in [3.63, 3.8) is 0 Å². The fraction of sp³-hybridized carbons (Fsp3) is 0.659. The summed E-state index contributed by atoms with van der Waals surface area (Å²) in [7, 11) is 0. The Morgan fingerprint density at radius 2 is 1.29 bits per heavy atom. The van der Waals surface area contributed by atoms with Gasteiger partial charge in [-0.2, -0.15) is 0 Å². The summed E-state index contributed by atoms with van der Waals surface area (Å²) in [6, 6.07) is 13.0. The van der Waals surface area contributed by atoms with Crippen molar-refractivity contribution in [2.45, 2.75) is 136 Å².